The van der Waals surface area contributed by atoms with E-state index < -0.39 is 0 Å². The van der Waals surface area contributed by atoms with E-state index in [-0.39, 0.29) is 18.3 Å². The van der Waals surface area contributed by atoms with Crippen LogP contribution in [0.25, 0.3) is 0 Å². The van der Waals surface area contributed by atoms with Crippen molar-refractivity contribution in [2.24, 2.45) is 0 Å². The van der Waals surface area contributed by atoms with Crippen molar-refractivity contribution in [1.29, 1.82) is 0 Å². The maximum absolute atomic E-state index is 12.3. The Morgan fingerprint density at radius 1 is 1.23 bits per heavy atom. The molecule has 0 atom stereocenters. The Balaban J connectivity index is 1.52. The highest BCUT2D eigenvalue weighted by atomic mass is 32.1. The van der Waals surface area contributed by atoms with Gasteiger partial charge in [0.2, 0.25) is 0 Å². The van der Waals surface area contributed by atoms with Crippen LogP contribution in [0.4, 0.5) is 5.13 Å². The van der Waals surface area contributed by atoms with Gasteiger partial charge in [-0.2, -0.15) is 0 Å². The Morgan fingerprint density at radius 2 is 1.96 bits per heavy atom. The number of hydrogen-bond acceptors (Lipinski definition) is 6. The average molecular weight is 373 g/mol. The fourth-order valence-electron chi connectivity index (χ4n) is 2.95. The molecule has 1 amide bonds. The lowest BCUT2D eigenvalue weighted by Crippen LogP contribution is -2.21. The summed E-state index contributed by atoms with van der Waals surface area (Å²) in [6.07, 6.45) is 5.36. The summed E-state index contributed by atoms with van der Waals surface area (Å²) in [5.74, 6) is -0.522. The van der Waals surface area contributed by atoms with Crippen molar-refractivity contribution >= 4 is 28.3 Å². The lowest BCUT2D eigenvalue weighted by molar-refractivity contribution is -0.139. The van der Waals surface area contributed by atoms with E-state index in [4.69, 9.17) is 0 Å². The van der Waals surface area contributed by atoms with Crippen LogP contribution >= 0.6 is 11.3 Å². The third-order valence-corrected chi connectivity index (χ3v) is 5.36. The molecule has 1 fully saturated rings. The highest BCUT2D eigenvalue weighted by Gasteiger charge is 2.13. The number of nitrogens with zero attached hydrogens (tertiary/aromatic N) is 2. The number of carbonyl (C=O) groups excluding carboxylic acids is 2. The molecule has 0 aliphatic carbocycles. The van der Waals surface area contributed by atoms with E-state index >= 15 is 0 Å². The quantitative estimate of drug-likeness (QED) is 0.756. The van der Waals surface area contributed by atoms with Gasteiger partial charge in [0.1, 0.15) is 0 Å². The summed E-state index contributed by atoms with van der Waals surface area (Å²) in [6, 6.07) is 7.71. The lowest BCUT2D eigenvalue weighted by Gasteiger charge is -2.14. The zero-order valence-corrected chi connectivity index (χ0v) is 15.7. The van der Waals surface area contributed by atoms with Crippen LogP contribution in [0.2, 0.25) is 0 Å². The predicted molar refractivity (Wildman–Crippen MR) is 102 cm³/mol. The Labute approximate surface area is 157 Å². The standard InChI is InChI=1S/C19H23N3O3S/c1-25-17(23)12-16-13-20-19(26-16)21-18(24)15-6-4-14(5-7-15)8-11-22-9-2-3-10-22/h4-7,13H,2-3,8-12H2,1H3,(H,20,21,24). The molecule has 7 heteroatoms. The van der Waals surface area contributed by atoms with Gasteiger partial charge in [-0.15, -0.1) is 11.3 Å². The van der Waals surface area contributed by atoms with Crippen molar-refractivity contribution in [1.82, 2.24) is 9.88 Å². The SMILES string of the molecule is COC(=O)Cc1cnc(NC(=O)c2ccc(CCN3CCCC3)cc2)s1. The Bertz CT molecular complexity index is 752. The number of methoxy groups -OCH3 is 1. The van der Waals surface area contributed by atoms with Gasteiger partial charge in [0.05, 0.1) is 13.5 Å². The van der Waals surface area contributed by atoms with Gasteiger partial charge in [-0.3, -0.25) is 14.9 Å². The van der Waals surface area contributed by atoms with Gasteiger partial charge in [-0.1, -0.05) is 12.1 Å². The molecule has 1 aromatic heterocycles. The van der Waals surface area contributed by atoms with Crippen molar-refractivity contribution in [2.75, 3.05) is 32.1 Å². The number of ether oxygens (including phenoxy) is 1. The number of carbonyl (C=O) groups is 2. The first-order chi connectivity index (χ1) is 12.6. The lowest BCUT2D eigenvalue weighted by atomic mass is 10.1. The molecule has 26 heavy (non-hydrogen) atoms. The molecule has 0 unspecified atom stereocenters. The Morgan fingerprint density at radius 3 is 2.65 bits per heavy atom. The maximum atomic E-state index is 12.3. The number of hydrogen-bond donors (Lipinski definition) is 1. The Hall–Kier alpha value is -2.25. The molecule has 0 radical (unpaired) electrons. The minimum absolute atomic E-state index is 0.162. The monoisotopic (exact) mass is 373 g/mol. The maximum Gasteiger partial charge on any atom is 0.310 e. The minimum Gasteiger partial charge on any atom is -0.469 e. The number of thiazole rings is 1. The molecule has 0 spiro atoms. The molecule has 1 aliphatic heterocycles. The third kappa shape index (κ3) is 5.12. The topological polar surface area (TPSA) is 71.5 Å². The van der Waals surface area contributed by atoms with Gasteiger partial charge in [-0.05, 0) is 50.0 Å². The molecule has 0 saturated carbocycles. The van der Waals surface area contributed by atoms with E-state index in [0.29, 0.717) is 10.7 Å². The highest BCUT2D eigenvalue weighted by molar-refractivity contribution is 7.15. The first-order valence-electron chi connectivity index (χ1n) is 8.78. The Kier molecular flexibility index (Phi) is 6.35. The van der Waals surface area contributed by atoms with Crippen LogP contribution in [0.5, 0.6) is 0 Å². The summed E-state index contributed by atoms with van der Waals surface area (Å²) in [4.78, 5) is 31.0. The van der Waals surface area contributed by atoms with Crippen LogP contribution < -0.4 is 5.32 Å². The van der Waals surface area contributed by atoms with Crippen LogP contribution in [0.1, 0.15) is 33.6 Å². The molecular formula is C19H23N3O3S. The van der Waals surface area contributed by atoms with Gasteiger partial charge in [-0.25, -0.2) is 4.98 Å². The van der Waals surface area contributed by atoms with Gasteiger partial charge in [0.25, 0.3) is 5.91 Å². The number of anilines is 1. The van der Waals surface area contributed by atoms with Crippen LogP contribution in [0, 0.1) is 0 Å². The average Bonchev–Trinajstić information content (AvgIpc) is 3.32. The van der Waals surface area contributed by atoms with Crippen LogP contribution in [-0.4, -0.2) is 48.5 Å². The molecule has 1 aliphatic rings. The normalized spacial score (nSPS) is 14.3. The molecule has 2 aromatic rings. The van der Waals surface area contributed by atoms with Crippen LogP contribution in [0.3, 0.4) is 0 Å². The number of nitrogens with one attached hydrogen (secondary N) is 1. The van der Waals surface area contributed by atoms with Crippen molar-refractivity contribution in [2.45, 2.75) is 25.7 Å². The van der Waals surface area contributed by atoms with Crippen molar-refractivity contribution in [3.05, 3.63) is 46.5 Å². The molecule has 3 rings (SSSR count). The number of esters is 1. The fourth-order valence-corrected chi connectivity index (χ4v) is 3.74. The molecular weight excluding hydrogens is 350 g/mol. The number of amides is 1. The second-order valence-electron chi connectivity index (χ2n) is 6.33. The number of aromatic nitrogens is 1. The van der Waals surface area contributed by atoms with E-state index in [1.807, 2.05) is 24.3 Å². The molecule has 0 bridgehead atoms. The molecule has 6 nitrogen and oxygen atoms in total. The summed E-state index contributed by atoms with van der Waals surface area (Å²) in [5.41, 5.74) is 1.84. The fraction of sp³-hybridized carbons (Fsp3) is 0.421. The summed E-state index contributed by atoms with van der Waals surface area (Å²) >= 11 is 1.28. The van der Waals surface area contributed by atoms with E-state index in [1.165, 1.54) is 49.9 Å². The minimum atomic E-state index is -0.323. The predicted octanol–water partition coefficient (Wildman–Crippen LogP) is 2.75. The van der Waals surface area contributed by atoms with E-state index in [1.54, 1.807) is 6.20 Å². The van der Waals surface area contributed by atoms with E-state index in [9.17, 15) is 9.59 Å². The smallest absolute Gasteiger partial charge is 0.310 e. The second-order valence-corrected chi connectivity index (χ2v) is 7.45. The molecule has 1 N–H and O–H groups in total. The molecule has 1 aromatic carbocycles. The van der Waals surface area contributed by atoms with E-state index in [2.05, 4.69) is 19.9 Å². The summed E-state index contributed by atoms with van der Waals surface area (Å²) in [7, 11) is 1.35. The van der Waals surface area contributed by atoms with Crippen LogP contribution in [-0.2, 0) is 22.4 Å². The molecule has 138 valence electrons. The van der Waals surface area contributed by atoms with E-state index in [0.717, 1.165) is 17.8 Å². The molecule has 2 heterocycles. The third-order valence-electron chi connectivity index (χ3n) is 4.45. The number of rotatable bonds is 7. The zero-order chi connectivity index (χ0) is 18.4. The van der Waals surface area contributed by atoms with Gasteiger partial charge in [0, 0.05) is 23.2 Å². The molecule has 1 saturated heterocycles. The first-order valence-corrected chi connectivity index (χ1v) is 9.60. The largest absolute Gasteiger partial charge is 0.469 e. The van der Waals surface area contributed by atoms with Crippen molar-refractivity contribution < 1.29 is 14.3 Å². The number of benzene rings is 1. The van der Waals surface area contributed by atoms with Crippen molar-refractivity contribution in [3.63, 3.8) is 0 Å². The summed E-state index contributed by atoms with van der Waals surface area (Å²) < 4.78 is 4.63. The number of likely N-dealkylation sites (tertiary alicyclic amines) is 1. The summed E-state index contributed by atoms with van der Waals surface area (Å²) in [6.45, 7) is 3.48. The second kappa shape index (κ2) is 8.91. The highest BCUT2D eigenvalue weighted by Crippen LogP contribution is 2.20. The zero-order valence-electron chi connectivity index (χ0n) is 14.9. The van der Waals surface area contributed by atoms with Crippen LogP contribution in [0.15, 0.2) is 30.5 Å². The van der Waals surface area contributed by atoms with Gasteiger partial charge < -0.3 is 9.64 Å². The van der Waals surface area contributed by atoms with Gasteiger partial charge in [0.15, 0.2) is 5.13 Å². The first kappa shape index (κ1) is 18.5. The van der Waals surface area contributed by atoms with Gasteiger partial charge >= 0.3 is 5.97 Å². The summed E-state index contributed by atoms with van der Waals surface area (Å²) in [5, 5.41) is 3.25. The van der Waals surface area contributed by atoms with Crippen molar-refractivity contribution in [3.8, 4) is 0 Å².